The molecule has 0 aliphatic heterocycles. The van der Waals surface area contributed by atoms with Crippen molar-refractivity contribution < 1.29 is 0 Å². The number of benzene rings is 1. The van der Waals surface area contributed by atoms with Gasteiger partial charge in [0.2, 0.25) is 0 Å². The summed E-state index contributed by atoms with van der Waals surface area (Å²) in [5.74, 6) is 0.645. The highest BCUT2D eigenvalue weighted by molar-refractivity contribution is 7.71. The summed E-state index contributed by atoms with van der Waals surface area (Å²) in [5.41, 5.74) is 3.30. The molecule has 2 nitrogen and oxygen atoms in total. The van der Waals surface area contributed by atoms with E-state index in [0.29, 0.717) is 12.0 Å². The van der Waals surface area contributed by atoms with Crippen LogP contribution in [0.3, 0.4) is 0 Å². The lowest BCUT2D eigenvalue weighted by molar-refractivity contribution is 0.432. The summed E-state index contributed by atoms with van der Waals surface area (Å²) in [4.78, 5) is 3.27. The summed E-state index contributed by atoms with van der Waals surface area (Å²) < 4.78 is 2.98. The van der Waals surface area contributed by atoms with Gasteiger partial charge in [-0.15, -0.1) is 0 Å². The summed E-state index contributed by atoms with van der Waals surface area (Å²) in [5, 5.41) is 0.794. The average molecular weight is 283 g/mol. The van der Waals surface area contributed by atoms with Crippen molar-refractivity contribution in [3.05, 3.63) is 27.5 Å². The molecule has 0 bridgehead atoms. The Morgan fingerprint density at radius 1 is 1.33 bits per heavy atom. The van der Waals surface area contributed by atoms with E-state index in [1.165, 1.54) is 0 Å². The molecule has 0 spiro atoms. The fraction of sp³-hybridized carbons (Fsp3) is 0.500. The monoisotopic (exact) mass is 282 g/mol. The van der Waals surface area contributed by atoms with E-state index in [-0.39, 0.29) is 0 Å². The number of hydrogen-bond donors (Lipinski definition) is 1. The van der Waals surface area contributed by atoms with Crippen LogP contribution in [0, 0.1) is 17.6 Å². The van der Waals surface area contributed by atoms with E-state index in [1.807, 2.05) is 19.1 Å². The third kappa shape index (κ3) is 2.34. The average Bonchev–Trinajstić information content (AvgIpc) is 2.60. The number of H-pyrrole nitrogens is 1. The molecular formula is C14H19ClN2S. The minimum absolute atomic E-state index is 0.378. The minimum atomic E-state index is 0.378. The van der Waals surface area contributed by atoms with Gasteiger partial charge in [-0.1, -0.05) is 25.4 Å². The zero-order valence-corrected chi connectivity index (χ0v) is 12.8. The van der Waals surface area contributed by atoms with Gasteiger partial charge in [-0.25, -0.2) is 0 Å². The molecule has 0 saturated heterocycles. The van der Waals surface area contributed by atoms with E-state index in [4.69, 9.17) is 23.8 Å². The number of imidazole rings is 1. The largest absolute Gasteiger partial charge is 0.331 e. The summed E-state index contributed by atoms with van der Waals surface area (Å²) in [7, 11) is 0. The van der Waals surface area contributed by atoms with Crippen LogP contribution in [0.5, 0.6) is 0 Å². The summed E-state index contributed by atoms with van der Waals surface area (Å²) >= 11 is 11.7. The normalized spacial score (nSPS) is 13.4. The predicted octanol–water partition coefficient (Wildman–Crippen LogP) is 5.27. The molecule has 2 aromatic rings. The van der Waals surface area contributed by atoms with Crippen LogP contribution in [0.15, 0.2) is 12.1 Å². The maximum Gasteiger partial charge on any atom is 0.178 e. The lowest BCUT2D eigenvalue weighted by atomic mass is 10.0. The molecule has 1 heterocycles. The first-order valence-corrected chi connectivity index (χ1v) is 7.09. The molecule has 1 atom stereocenters. The Morgan fingerprint density at radius 2 is 2.00 bits per heavy atom. The van der Waals surface area contributed by atoms with Crippen LogP contribution < -0.4 is 0 Å². The van der Waals surface area contributed by atoms with Crippen LogP contribution in [0.25, 0.3) is 11.0 Å². The molecular weight excluding hydrogens is 264 g/mol. The van der Waals surface area contributed by atoms with Crippen LogP contribution in [-0.2, 0) is 0 Å². The minimum Gasteiger partial charge on any atom is -0.331 e. The zero-order chi connectivity index (χ0) is 13.4. The summed E-state index contributed by atoms with van der Waals surface area (Å²) in [6.45, 7) is 8.72. The van der Waals surface area contributed by atoms with Crippen LogP contribution >= 0.6 is 23.8 Å². The van der Waals surface area contributed by atoms with E-state index in [0.717, 1.165) is 32.8 Å². The SMILES string of the molecule is Cc1c(Cl)ccc2[nH]c(=S)n(C(C)CC(C)C)c12. The van der Waals surface area contributed by atoms with Crippen molar-refractivity contribution in [1.29, 1.82) is 0 Å². The van der Waals surface area contributed by atoms with Crippen molar-refractivity contribution >= 4 is 34.9 Å². The van der Waals surface area contributed by atoms with Crippen molar-refractivity contribution in [2.45, 2.75) is 40.2 Å². The van der Waals surface area contributed by atoms with Gasteiger partial charge in [-0.05, 0) is 56.1 Å². The Morgan fingerprint density at radius 3 is 2.61 bits per heavy atom. The molecule has 0 aliphatic rings. The highest BCUT2D eigenvalue weighted by atomic mass is 35.5. The summed E-state index contributed by atoms with van der Waals surface area (Å²) in [6.07, 6.45) is 1.10. The number of aryl methyl sites for hydroxylation is 1. The Balaban J connectivity index is 2.66. The number of fused-ring (bicyclic) bond motifs is 1. The van der Waals surface area contributed by atoms with Gasteiger partial charge in [0.1, 0.15) is 0 Å². The third-order valence-corrected chi connectivity index (χ3v) is 4.03. The molecule has 1 aromatic carbocycles. The Bertz CT molecular complexity index is 624. The molecule has 0 saturated carbocycles. The Hall–Kier alpha value is -0.800. The number of aromatic amines is 1. The van der Waals surface area contributed by atoms with Crippen LogP contribution in [0.1, 0.15) is 38.8 Å². The van der Waals surface area contributed by atoms with Crippen LogP contribution in [0.4, 0.5) is 0 Å². The maximum absolute atomic E-state index is 6.22. The van der Waals surface area contributed by atoms with Crippen LogP contribution in [-0.4, -0.2) is 9.55 Å². The Kier molecular flexibility index (Phi) is 3.83. The first-order valence-electron chi connectivity index (χ1n) is 6.31. The second-order valence-electron chi connectivity index (χ2n) is 5.35. The molecule has 1 unspecified atom stereocenters. The zero-order valence-electron chi connectivity index (χ0n) is 11.2. The molecule has 0 aliphatic carbocycles. The summed E-state index contributed by atoms with van der Waals surface area (Å²) in [6, 6.07) is 4.30. The second-order valence-corrected chi connectivity index (χ2v) is 6.14. The second kappa shape index (κ2) is 5.06. The topological polar surface area (TPSA) is 20.7 Å². The lowest BCUT2D eigenvalue weighted by Gasteiger charge is -2.18. The number of hydrogen-bond acceptors (Lipinski definition) is 1. The number of aromatic nitrogens is 2. The molecule has 0 fully saturated rings. The number of nitrogens with zero attached hydrogens (tertiary/aromatic N) is 1. The maximum atomic E-state index is 6.22. The van der Waals surface area contributed by atoms with Gasteiger partial charge in [0, 0.05) is 11.1 Å². The fourth-order valence-corrected chi connectivity index (χ4v) is 3.11. The molecule has 98 valence electrons. The van der Waals surface area contributed by atoms with Gasteiger partial charge in [-0.2, -0.15) is 0 Å². The molecule has 0 radical (unpaired) electrons. The number of halogens is 1. The van der Waals surface area contributed by atoms with Gasteiger partial charge in [0.15, 0.2) is 4.77 Å². The van der Waals surface area contributed by atoms with Crippen molar-refractivity contribution in [1.82, 2.24) is 9.55 Å². The number of rotatable bonds is 3. The van der Waals surface area contributed by atoms with Crippen molar-refractivity contribution in [3.63, 3.8) is 0 Å². The standard InChI is InChI=1S/C14H19ClN2S/c1-8(2)7-9(3)17-13-10(4)11(15)5-6-12(13)16-14(17)18/h5-6,8-9H,7H2,1-4H3,(H,16,18). The lowest BCUT2D eigenvalue weighted by Crippen LogP contribution is -2.08. The van der Waals surface area contributed by atoms with Crippen molar-refractivity contribution in [2.24, 2.45) is 5.92 Å². The Labute approximate surface area is 118 Å². The predicted molar refractivity (Wildman–Crippen MR) is 81.0 cm³/mol. The van der Waals surface area contributed by atoms with Crippen molar-refractivity contribution in [2.75, 3.05) is 0 Å². The van der Waals surface area contributed by atoms with E-state index in [9.17, 15) is 0 Å². The molecule has 18 heavy (non-hydrogen) atoms. The first-order chi connectivity index (χ1) is 8.41. The van der Waals surface area contributed by atoms with E-state index >= 15 is 0 Å². The van der Waals surface area contributed by atoms with Gasteiger partial charge in [0.25, 0.3) is 0 Å². The van der Waals surface area contributed by atoms with E-state index < -0.39 is 0 Å². The van der Waals surface area contributed by atoms with Gasteiger partial charge in [0.05, 0.1) is 11.0 Å². The number of nitrogens with one attached hydrogen (secondary N) is 1. The fourth-order valence-electron chi connectivity index (χ4n) is 2.57. The molecule has 4 heteroatoms. The quantitative estimate of drug-likeness (QED) is 0.761. The van der Waals surface area contributed by atoms with Gasteiger partial charge in [-0.3, -0.25) is 0 Å². The van der Waals surface area contributed by atoms with Crippen molar-refractivity contribution in [3.8, 4) is 0 Å². The van der Waals surface area contributed by atoms with E-state index in [1.54, 1.807) is 0 Å². The first kappa shape index (κ1) is 13.6. The molecule has 1 aromatic heterocycles. The van der Waals surface area contributed by atoms with Gasteiger partial charge < -0.3 is 9.55 Å². The van der Waals surface area contributed by atoms with Gasteiger partial charge >= 0.3 is 0 Å². The van der Waals surface area contributed by atoms with Crippen LogP contribution in [0.2, 0.25) is 5.02 Å². The van der Waals surface area contributed by atoms with E-state index in [2.05, 4.69) is 30.3 Å². The molecule has 1 N–H and O–H groups in total. The third-order valence-electron chi connectivity index (χ3n) is 3.32. The smallest absolute Gasteiger partial charge is 0.178 e. The highest BCUT2D eigenvalue weighted by Gasteiger charge is 2.15. The highest BCUT2D eigenvalue weighted by Crippen LogP contribution is 2.29. The molecule has 0 amide bonds. The molecule has 2 rings (SSSR count).